The molecule has 0 bridgehead atoms. The van der Waals surface area contributed by atoms with Crippen LogP contribution in [0.2, 0.25) is 5.02 Å². The van der Waals surface area contributed by atoms with E-state index in [1.165, 1.54) is 23.8 Å². The number of amides is 2. The lowest BCUT2D eigenvalue weighted by molar-refractivity contribution is -0.123. The zero-order chi connectivity index (χ0) is 24.8. The van der Waals surface area contributed by atoms with Gasteiger partial charge in [0.25, 0.3) is 11.1 Å². The van der Waals surface area contributed by atoms with Gasteiger partial charge in [0, 0.05) is 40.0 Å². The summed E-state index contributed by atoms with van der Waals surface area (Å²) in [5.41, 5.74) is 3.19. The van der Waals surface area contributed by atoms with Crippen LogP contribution in [0.15, 0.2) is 35.2 Å². The number of imide groups is 1. The molecule has 180 valence electrons. The van der Waals surface area contributed by atoms with Gasteiger partial charge in [-0.05, 0) is 74.7 Å². The van der Waals surface area contributed by atoms with Crippen LogP contribution < -0.4 is 9.64 Å². The van der Waals surface area contributed by atoms with Gasteiger partial charge in [-0.1, -0.05) is 24.6 Å². The average Bonchev–Trinajstić information content (AvgIpc) is 3.03. The molecule has 1 saturated heterocycles. The van der Waals surface area contributed by atoms with Crippen LogP contribution in [0.3, 0.4) is 0 Å². The van der Waals surface area contributed by atoms with E-state index in [1.807, 2.05) is 6.07 Å². The Morgan fingerprint density at radius 1 is 1.29 bits per heavy atom. The normalized spacial score (nSPS) is 20.8. The molecule has 0 aliphatic carbocycles. The van der Waals surface area contributed by atoms with Crippen LogP contribution in [0.1, 0.15) is 56.7 Å². The summed E-state index contributed by atoms with van der Waals surface area (Å²) in [7, 11) is 1.60. The second-order valence-corrected chi connectivity index (χ2v) is 10.7. The molecule has 0 radical (unpaired) electrons. The van der Waals surface area contributed by atoms with E-state index in [0.717, 1.165) is 40.9 Å². The number of fused-ring (bicyclic) bond motifs is 1. The second-order valence-electron chi connectivity index (χ2n) is 9.28. The van der Waals surface area contributed by atoms with Gasteiger partial charge in [0.15, 0.2) is 0 Å². The van der Waals surface area contributed by atoms with Gasteiger partial charge >= 0.3 is 0 Å². The number of carbonyl (C=O) groups is 2. The number of thioether (sulfide) groups is 1. The molecule has 2 amide bonds. The fraction of sp³-hybridized carbons (Fsp3) is 0.385. The van der Waals surface area contributed by atoms with Crippen molar-refractivity contribution in [1.29, 1.82) is 0 Å². The minimum atomic E-state index is -0.552. The Balaban J connectivity index is 1.70. The van der Waals surface area contributed by atoms with Gasteiger partial charge in [-0.3, -0.25) is 14.5 Å². The lowest BCUT2D eigenvalue weighted by Crippen LogP contribution is -2.48. The summed E-state index contributed by atoms with van der Waals surface area (Å²) >= 11 is 6.94. The summed E-state index contributed by atoms with van der Waals surface area (Å²) in [5, 5.41) is -0.281. The van der Waals surface area contributed by atoms with Gasteiger partial charge in [0.1, 0.15) is 11.6 Å². The molecule has 2 aliphatic rings. The van der Waals surface area contributed by atoms with Crippen LogP contribution in [-0.2, 0) is 11.3 Å². The molecule has 2 aromatic carbocycles. The van der Waals surface area contributed by atoms with Crippen LogP contribution in [0.25, 0.3) is 6.08 Å². The van der Waals surface area contributed by atoms with Gasteiger partial charge in [-0.2, -0.15) is 0 Å². The first-order chi connectivity index (χ1) is 16.1. The molecule has 34 heavy (non-hydrogen) atoms. The number of methoxy groups -OCH3 is 1. The van der Waals surface area contributed by atoms with Crippen molar-refractivity contribution in [2.45, 2.75) is 52.1 Å². The van der Waals surface area contributed by atoms with E-state index in [0.29, 0.717) is 11.7 Å². The molecular formula is C26H28ClFN2O3S. The Kier molecular flexibility index (Phi) is 6.71. The molecule has 1 atom stereocenters. The Bertz CT molecular complexity index is 1180. The van der Waals surface area contributed by atoms with Crippen molar-refractivity contribution in [2.75, 3.05) is 18.6 Å². The standard InChI is InChI=1S/C26H28ClFN2O3S/c1-6-30-21-12-22(33-5)16(10-17(21)15(2)13-26(30,3)4)11-23-24(31)29(25(32)34-23)14-18-19(27)8-7-9-20(18)28/h7-12,15H,6,13-14H2,1-5H3/b23-11+. The van der Waals surface area contributed by atoms with E-state index in [2.05, 4.69) is 38.7 Å². The fourth-order valence-corrected chi connectivity index (χ4v) is 6.09. The van der Waals surface area contributed by atoms with Crippen molar-refractivity contribution in [3.05, 3.63) is 62.8 Å². The van der Waals surface area contributed by atoms with Gasteiger partial charge in [-0.25, -0.2) is 4.39 Å². The Hall–Kier alpha value is -2.51. The maximum atomic E-state index is 14.2. The van der Waals surface area contributed by atoms with Crippen LogP contribution in [0, 0.1) is 5.82 Å². The summed E-state index contributed by atoms with van der Waals surface area (Å²) in [6.45, 7) is 9.48. The van der Waals surface area contributed by atoms with Crippen LogP contribution in [0.4, 0.5) is 14.9 Å². The Morgan fingerprint density at radius 3 is 2.68 bits per heavy atom. The third-order valence-corrected chi connectivity index (χ3v) is 7.85. The molecule has 0 spiro atoms. The zero-order valence-corrected chi connectivity index (χ0v) is 21.5. The van der Waals surface area contributed by atoms with Gasteiger partial charge in [0.2, 0.25) is 0 Å². The SMILES string of the molecule is CCN1c2cc(OC)c(/C=C3/SC(=O)N(Cc4c(F)cccc4Cl)C3=O)cc2C(C)CC1(C)C. The highest BCUT2D eigenvalue weighted by Gasteiger charge is 2.38. The summed E-state index contributed by atoms with van der Waals surface area (Å²) in [5.74, 6) is -0.0714. The number of hydrogen-bond acceptors (Lipinski definition) is 5. The molecule has 0 N–H and O–H groups in total. The van der Waals surface area contributed by atoms with Crippen molar-refractivity contribution >= 4 is 46.3 Å². The number of benzene rings is 2. The minimum Gasteiger partial charge on any atom is -0.496 e. The van der Waals surface area contributed by atoms with Crippen molar-refractivity contribution in [1.82, 2.24) is 4.90 Å². The number of halogens is 2. The van der Waals surface area contributed by atoms with Crippen LogP contribution in [-0.4, -0.2) is 35.2 Å². The van der Waals surface area contributed by atoms with Gasteiger partial charge in [-0.15, -0.1) is 0 Å². The van der Waals surface area contributed by atoms with Crippen LogP contribution in [0.5, 0.6) is 5.75 Å². The molecule has 2 aliphatic heterocycles. The molecule has 5 nitrogen and oxygen atoms in total. The van der Waals surface area contributed by atoms with Crippen molar-refractivity contribution < 1.29 is 18.7 Å². The lowest BCUT2D eigenvalue weighted by atomic mass is 9.79. The van der Waals surface area contributed by atoms with Crippen molar-refractivity contribution in [3.8, 4) is 5.75 Å². The number of hydrogen-bond donors (Lipinski definition) is 0. The van der Waals surface area contributed by atoms with Crippen molar-refractivity contribution in [2.24, 2.45) is 0 Å². The molecule has 1 unspecified atom stereocenters. The van der Waals surface area contributed by atoms with Gasteiger partial charge in [0.05, 0.1) is 18.6 Å². The van der Waals surface area contributed by atoms with Crippen molar-refractivity contribution in [3.63, 3.8) is 0 Å². The highest BCUT2D eigenvalue weighted by Crippen LogP contribution is 2.46. The van der Waals surface area contributed by atoms with E-state index in [-0.39, 0.29) is 27.6 Å². The number of ether oxygens (including phenoxy) is 1. The third-order valence-electron chi connectivity index (χ3n) is 6.59. The van der Waals surface area contributed by atoms with Crippen LogP contribution >= 0.6 is 23.4 Å². The highest BCUT2D eigenvalue weighted by molar-refractivity contribution is 8.18. The lowest BCUT2D eigenvalue weighted by Gasteiger charge is -2.47. The molecule has 2 heterocycles. The molecule has 0 aromatic heterocycles. The van der Waals surface area contributed by atoms with E-state index in [1.54, 1.807) is 13.2 Å². The third kappa shape index (κ3) is 4.31. The topological polar surface area (TPSA) is 49.9 Å². The van der Waals surface area contributed by atoms with E-state index < -0.39 is 17.0 Å². The fourth-order valence-electron chi connectivity index (χ4n) is 5.03. The molecule has 1 fully saturated rings. The van der Waals surface area contributed by atoms with E-state index >= 15 is 0 Å². The zero-order valence-electron chi connectivity index (χ0n) is 19.9. The maximum Gasteiger partial charge on any atom is 0.293 e. The molecule has 4 rings (SSSR count). The largest absolute Gasteiger partial charge is 0.496 e. The first kappa shape index (κ1) is 24.6. The Labute approximate surface area is 208 Å². The monoisotopic (exact) mass is 502 g/mol. The number of rotatable bonds is 5. The summed E-state index contributed by atoms with van der Waals surface area (Å²) < 4.78 is 19.9. The van der Waals surface area contributed by atoms with E-state index in [9.17, 15) is 14.0 Å². The minimum absolute atomic E-state index is 0.0182. The predicted molar refractivity (Wildman–Crippen MR) is 136 cm³/mol. The first-order valence-corrected chi connectivity index (χ1v) is 12.4. The molecule has 8 heteroatoms. The van der Waals surface area contributed by atoms with Gasteiger partial charge < -0.3 is 9.64 Å². The highest BCUT2D eigenvalue weighted by atomic mass is 35.5. The predicted octanol–water partition coefficient (Wildman–Crippen LogP) is 6.84. The first-order valence-electron chi connectivity index (χ1n) is 11.2. The Morgan fingerprint density at radius 2 is 2.03 bits per heavy atom. The van der Waals surface area contributed by atoms with E-state index in [4.69, 9.17) is 16.3 Å². The number of anilines is 1. The maximum absolute atomic E-state index is 14.2. The summed E-state index contributed by atoms with van der Waals surface area (Å²) in [6.07, 6.45) is 2.69. The average molecular weight is 503 g/mol. The molecule has 2 aromatic rings. The quantitative estimate of drug-likeness (QED) is 0.419. The number of nitrogens with zero attached hydrogens (tertiary/aromatic N) is 2. The molecular weight excluding hydrogens is 475 g/mol. The molecule has 0 saturated carbocycles. The number of carbonyl (C=O) groups excluding carboxylic acids is 2. The smallest absolute Gasteiger partial charge is 0.293 e. The summed E-state index contributed by atoms with van der Waals surface area (Å²) in [6, 6.07) is 8.36. The summed E-state index contributed by atoms with van der Waals surface area (Å²) in [4.78, 5) is 29.4. The second kappa shape index (κ2) is 9.27.